The van der Waals surface area contributed by atoms with Crippen molar-refractivity contribution < 1.29 is 19.6 Å². The van der Waals surface area contributed by atoms with Gasteiger partial charge < -0.3 is 14.7 Å². The van der Waals surface area contributed by atoms with Crippen LogP contribution in [0.2, 0.25) is 0 Å². The molecule has 0 bridgehead atoms. The van der Waals surface area contributed by atoms with E-state index < -0.39 is 17.0 Å². The normalized spacial score (nSPS) is 11.8. The van der Waals surface area contributed by atoms with Gasteiger partial charge in [-0.25, -0.2) is 9.78 Å². The summed E-state index contributed by atoms with van der Waals surface area (Å²) >= 11 is 0. The Morgan fingerprint density at radius 1 is 1.63 bits per heavy atom. The fraction of sp³-hybridized carbons (Fsp3) is 0.455. The van der Waals surface area contributed by atoms with E-state index in [4.69, 9.17) is 0 Å². The molecule has 0 saturated carbocycles. The van der Waals surface area contributed by atoms with Crippen molar-refractivity contribution in [2.75, 3.05) is 25.6 Å². The van der Waals surface area contributed by atoms with Gasteiger partial charge in [-0.1, -0.05) is 0 Å². The van der Waals surface area contributed by atoms with Gasteiger partial charge in [0, 0.05) is 19.7 Å². The number of rotatable bonds is 5. The molecule has 1 aromatic heterocycles. The Morgan fingerprint density at radius 3 is 2.74 bits per heavy atom. The maximum absolute atomic E-state index is 11.4. The Labute approximate surface area is 109 Å². The van der Waals surface area contributed by atoms with E-state index in [0.717, 1.165) is 0 Å². The number of nitro groups is 1. The van der Waals surface area contributed by atoms with E-state index >= 15 is 0 Å². The van der Waals surface area contributed by atoms with Gasteiger partial charge in [0.15, 0.2) is 5.69 Å². The molecule has 1 aromatic rings. The molecule has 8 nitrogen and oxygen atoms in total. The van der Waals surface area contributed by atoms with E-state index in [1.165, 1.54) is 24.1 Å². The van der Waals surface area contributed by atoms with Crippen LogP contribution in [0, 0.1) is 10.1 Å². The van der Waals surface area contributed by atoms with Crippen LogP contribution in [-0.2, 0) is 4.74 Å². The number of anilines is 1. The second kappa shape index (κ2) is 6.10. The average Bonchev–Trinajstić information content (AvgIpc) is 2.36. The molecule has 0 aliphatic heterocycles. The first-order valence-electron chi connectivity index (χ1n) is 5.49. The third-order valence-corrected chi connectivity index (χ3v) is 2.35. The average molecular weight is 269 g/mol. The van der Waals surface area contributed by atoms with Crippen molar-refractivity contribution in [2.45, 2.75) is 13.0 Å². The van der Waals surface area contributed by atoms with Crippen molar-refractivity contribution >= 4 is 17.5 Å². The van der Waals surface area contributed by atoms with Crippen LogP contribution in [0.3, 0.4) is 0 Å². The third kappa shape index (κ3) is 3.62. The van der Waals surface area contributed by atoms with Crippen molar-refractivity contribution in [3.05, 3.63) is 27.9 Å². The minimum atomic E-state index is -0.687. The van der Waals surface area contributed by atoms with Crippen molar-refractivity contribution in [3.63, 3.8) is 0 Å². The van der Waals surface area contributed by atoms with Crippen molar-refractivity contribution in [1.82, 2.24) is 4.98 Å². The quantitative estimate of drug-likeness (QED) is 0.473. The Morgan fingerprint density at radius 2 is 2.26 bits per heavy atom. The zero-order valence-electron chi connectivity index (χ0n) is 10.9. The number of esters is 1. The Hall–Kier alpha value is -2.22. The number of aliphatic hydroxyl groups excluding tert-OH is 1. The first-order valence-corrected chi connectivity index (χ1v) is 5.49. The van der Waals surface area contributed by atoms with Gasteiger partial charge in [0.2, 0.25) is 5.82 Å². The molecule has 0 radical (unpaired) electrons. The van der Waals surface area contributed by atoms with Crippen LogP contribution in [-0.4, -0.2) is 47.8 Å². The van der Waals surface area contributed by atoms with Crippen molar-refractivity contribution in [3.8, 4) is 0 Å². The number of methoxy groups -OCH3 is 1. The maximum Gasteiger partial charge on any atom is 0.356 e. The van der Waals surface area contributed by atoms with Gasteiger partial charge >= 0.3 is 11.7 Å². The minimum Gasteiger partial charge on any atom is -0.464 e. The second-order valence-electron chi connectivity index (χ2n) is 4.02. The van der Waals surface area contributed by atoms with Gasteiger partial charge in [0.1, 0.15) is 0 Å². The summed E-state index contributed by atoms with van der Waals surface area (Å²) in [7, 11) is 2.74. The van der Waals surface area contributed by atoms with Crippen LogP contribution in [0.5, 0.6) is 0 Å². The maximum atomic E-state index is 11.4. The second-order valence-corrected chi connectivity index (χ2v) is 4.02. The molecule has 0 amide bonds. The SMILES string of the molecule is COC(=O)c1ccc([N+](=O)[O-])c(N(C)CC(C)O)n1. The van der Waals surface area contributed by atoms with Gasteiger partial charge in [-0.15, -0.1) is 0 Å². The molecule has 1 heterocycles. The first kappa shape index (κ1) is 14.8. The fourth-order valence-corrected chi connectivity index (χ4v) is 1.57. The molecule has 0 spiro atoms. The van der Waals surface area contributed by atoms with Gasteiger partial charge in [-0.05, 0) is 13.0 Å². The Bertz CT molecular complexity index is 489. The van der Waals surface area contributed by atoms with E-state index in [1.807, 2.05) is 0 Å². The van der Waals surface area contributed by atoms with Crippen LogP contribution in [0.1, 0.15) is 17.4 Å². The lowest BCUT2D eigenvalue weighted by atomic mass is 10.3. The van der Waals surface area contributed by atoms with E-state index in [-0.39, 0.29) is 23.7 Å². The van der Waals surface area contributed by atoms with Crippen molar-refractivity contribution in [1.29, 1.82) is 0 Å². The van der Waals surface area contributed by atoms with Gasteiger partial charge in [-0.2, -0.15) is 0 Å². The highest BCUT2D eigenvalue weighted by molar-refractivity contribution is 5.88. The Kier molecular flexibility index (Phi) is 4.76. The van der Waals surface area contributed by atoms with Crippen LogP contribution in [0.15, 0.2) is 12.1 Å². The number of aromatic nitrogens is 1. The molecular weight excluding hydrogens is 254 g/mol. The summed E-state index contributed by atoms with van der Waals surface area (Å²) < 4.78 is 4.51. The van der Waals surface area contributed by atoms with Gasteiger partial charge in [0.05, 0.1) is 18.1 Å². The number of hydrogen-bond acceptors (Lipinski definition) is 7. The number of pyridine rings is 1. The molecule has 1 unspecified atom stereocenters. The minimum absolute atomic E-state index is 0.00815. The first-order chi connectivity index (χ1) is 8.86. The van der Waals surface area contributed by atoms with Crippen LogP contribution < -0.4 is 4.90 Å². The lowest BCUT2D eigenvalue weighted by molar-refractivity contribution is -0.384. The van der Waals surface area contributed by atoms with Gasteiger partial charge in [0.25, 0.3) is 0 Å². The zero-order valence-corrected chi connectivity index (χ0v) is 10.9. The number of hydrogen-bond donors (Lipinski definition) is 1. The predicted molar refractivity (Wildman–Crippen MR) is 67.2 cm³/mol. The lowest BCUT2D eigenvalue weighted by Crippen LogP contribution is -2.28. The molecule has 1 rings (SSSR count). The highest BCUT2D eigenvalue weighted by Gasteiger charge is 2.22. The van der Waals surface area contributed by atoms with E-state index in [0.29, 0.717) is 0 Å². The van der Waals surface area contributed by atoms with E-state index in [1.54, 1.807) is 14.0 Å². The molecule has 1 atom stereocenters. The molecule has 1 N–H and O–H groups in total. The van der Waals surface area contributed by atoms with Gasteiger partial charge in [-0.3, -0.25) is 10.1 Å². The summed E-state index contributed by atoms with van der Waals surface area (Å²) in [5.41, 5.74) is -0.267. The highest BCUT2D eigenvalue weighted by atomic mass is 16.6. The van der Waals surface area contributed by atoms with Crippen molar-refractivity contribution in [2.24, 2.45) is 0 Å². The molecule has 0 aromatic carbocycles. The molecule has 0 fully saturated rings. The molecule has 0 saturated heterocycles. The van der Waals surface area contributed by atoms with Crippen LogP contribution >= 0.6 is 0 Å². The molecular formula is C11H15N3O5. The summed E-state index contributed by atoms with van der Waals surface area (Å²) in [4.78, 5) is 27.0. The summed E-state index contributed by atoms with van der Waals surface area (Å²) in [6, 6.07) is 2.41. The number of likely N-dealkylation sites (N-methyl/N-ethyl adjacent to an activating group) is 1. The summed E-state index contributed by atoms with van der Waals surface area (Å²) in [5, 5.41) is 20.2. The Balaban J connectivity index is 3.22. The smallest absolute Gasteiger partial charge is 0.356 e. The van der Waals surface area contributed by atoms with Crippen LogP contribution in [0.4, 0.5) is 11.5 Å². The molecule has 19 heavy (non-hydrogen) atoms. The predicted octanol–water partition coefficient (Wildman–Crippen LogP) is 0.593. The number of carbonyl (C=O) groups excluding carboxylic acids is 1. The highest BCUT2D eigenvalue weighted by Crippen LogP contribution is 2.25. The summed E-state index contributed by atoms with van der Waals surface area (Å²) in [5.74, 6) is -0.671. The van der Waals surface area contributed by atoms with E-state index in [2.05, 4.69) is 9.72 Å². The standard InChI is InChI=1S/C11H15N3O5/c1-7(15)6-13(2)10-9(14(17)18)5-4-8(12-10)11(16)19-3/h4-5,7,15H,6H2,1-3H3. The summed E-state index contributed by atoms with van der Waals surface area (Å²) in [6.45, 7) is 1.70. The zero-order chi connectivity index (χ0) is 14.6. The number of aliphatic hydroxyl groups is 1. The lowest BCUT2D eigenvalue weighted by Gasteiger charge is -2.19. The van der Waals surface area contributed by atoms with Crippen LogP contribution in [0.25, 0.3) is 0 Å². The molecule has 104 valence electrons. The number of nitrogens with zero attached hydrogens (tertiary/aromatic N) is 3. The summed E-state index contributed by atoms with van der Waals surface area (Å²) in [6.07, 6.45) is -0.687. The molecule has 8 heteroatoms. The number of carbonyl (C=O) groups is 1. The third-order valence-electron chi connectivity index (χ3n) is 2.35. The largest absolute Gasteiger partial charge is 0.464 e. The van der Waals surface area contributed by atoms with E-state index in [9.17, 15) is 20.0 Å². The fourth-order valence-electron chi connectivity index (χ4n) is 1.57. The topological polar surface area (TPSA) is 106 Å². The monoisotopic (exact) mass is 269 g/mol. The molecule has 0 aliphatic rings. The molecule has 0 aliphatic carbocycles. The number of ether oxygens (including phenoxy) is 1.